The van der Waals surface area contributed by atoms with Crippen LogP contribution in [0.15, 0.2) is 42.5 Å². The van der Waals surface area contributed by atoms with Crippen LogP contribution >= 0.6 is 0 Å². The smallest absolute Gasteiger partial charge is 0.0678 e. The van der Waals surface area contributed by atoms with Gasteiger partial charge in [0.25, 0.3) is 0 Å². The van der Waals surface area contributed by atoms with E-state index in [1.165, 1.54) is 86.2 Å². The van der Waals surface area contributed by atoms with E-state index in [0.29, 0.717) is 5.92 Å². The average molecular weight is 405 g/mol. The van der Waals surface area contributed by atoms with Crippen LogP contribution in [0.3, 0.4) is 0 Å². The van der Waals surface area contributed by atoms with E-state index >= 15 is 0 Å². The summed E-state index contributed by atoms with van der Waals surface area (Å²) in [5, 5.41) is 3.79. The molecule has 1 atom stereocenters. The maximum Gasteiger partial charge on any atom is 0.0678 e. The molecule has 1 unspecified atom stereocenters. The fraction of sp³-hybridized carbons (Fsp3) is 0.538. The molecule has 2 aliphatic heterocycles. The highest BCUT2D eigenvalue weighted by Gasteiger charge is 2.32. The van der Waals surface area contributed by atoms with Gasteiger partial charge in [0.2, 0.25) is 0 Å². The first-order chi connectivity index (χ1) is 14.8. The molecule has 2 heterocycles. The van der Waals surface area contributed by atoms with Crippen LogP contribution < -0.4 is 11.1 Å². The molecule has 160 valence electrons. The molecule has 4 heteroatoms. The Morgan fingerprint density at radius 1 is 0.833 bits per heavy atom. The molecule has 5 rings (SSSR count). The van der Waals surface area contributed by atoms with Crippen LogP contribution in [0.2, 0.25) is 0 Å². The van der Waals surface area contributed by atoms with E-state index in [2.05, 4.69) is 57.6 Å². The summed E-state index contributed by atoms with van der Waals surface area (Å²) in [5.41, 5.74) is 13.1. The molecule has 3 N–H and O–H groups in total. The second kappa shape index (κ2) is 9.09. The Hall–Kier alpha value is -1.88. The molecule has 2 aromatic carbocycles. The molecule has 2 aromatic rings. The average Bonchev–Trinajstić information content (AvgIpc) is 3.13. The number of nitrogens with two attached hydrogens (primary N) is 1. The van der Waals surface area contributed by atoms with E-state index in [1.807, 2.05) is 0 Å². The van der Waals surface area contributed by atoms with Gasteiger partial charge < -0.3 is 16.0 Å². The molecule has 0 saturated carbocycles. The minimum absolute atomic E-state index is 0.474. The van der Waals surface area contributed by atoms with Crippen molar-refractivity contribution >= 4 is 5.69 Å². The van der Waals surface area contributed by atoms with Gasteiger partial charge in [-0.2, -0.15) is 0 Å². The number of hydrogen-bond donors (Lipinski definition) is 2. The van der Waals surface area contributed by atoms with Crippen LogP contribution in [0.4, 0.5) is 5.69 Å². The predicted octanol–water partition coefficient (Wildman–Crippen LogP) is 4.32. The largest absolute Gasteiger partial charge is 0.372 e. The van der Waals surface area contributed by atoms with Crippen molar-refractivity contribution in [2.24, 2.45) is 11.7 Å². The lowest BCUT2D eigenvalue weighted by Gasteiger charge is -2.33. The monoisotopic (exact) mass is 404 g/mol. The summed E-state index contributed by atoms with van der Waals surface area (Å²) in [6.07, 6.45) is 6.54. The zero-order chi connectivity index (χ0) is 20.3. The van der Waals surface area contributed by atoms with Crippen molar-refractivity contribution in [2.45, 2.75) is 38.0 Å². The minimum atomic E-state index is 0.474. The number of benzene rings is 2. The van der Waals surface area contributed by atoms with Crippen LogP contribution in [0, 0.1) is 5.92 Å². The first kappa shape index (κ1) is 20.0. The predicted molar refractivity (Wildman–Crippen MR) is 126 cm³/mol. The molecular formula is C26H36N4. The van der Waals surface area contributed by atoms with Crippen molar-refractivity contribution in [3.63, 3.8) is 0 Å². The Kier molecular flexibility index (Phi) is 6.07. The van der Waals surface area contributed by atoms with Gasteiger partial charge in [-0.15, -0.1) is 0 Å². The maximum atomic E-state index is 5.91. The molecule has 3 aliphatic rings. The third-order valence-corrected chi connectivity index (χ3v) is 7.50. The van der Waals surface area contributed by atoms with Gasteiger partial charge in [-0.05, 0) is 87.1 Å². The van der Waals surface area contributed by atoms with Gasteiger partial charge in [0, 0.05) is 23.7 Å². The van der Waals surface area contributed by atoms with Crippen LogP contribution in [0.5, 0.6) is 0 Å². The highest BCUT2D eigenvalue weighted by atomic mass is 15.2. The number of nitrogens with one attached hydrogen (secondary N) is 1. The number of anilines is 1. The molecule has 0 spiro atoms. The lowest BCUT2D eigenvalue weighted by atomic mass is 9.93. The van der Waals surface area contributed by atoms with Crippen LogP contribution in [0.25, 0.3) is 11.1 Å². The van der Waals surface area contributed by atoms with E-state index in [-0.39, 0.29) is 0 Å². The van der Waals surface area contributed by atoms with Crippen molar-refractivity contribution < 1.29 is 0 Å². The maximum absolute atomic E-state index is 5.91. The van der Waals surface area contributed by atoms with Gasteiger partial charge in [-0.25, -0.2) is 0 Å². The van der Waals surface area contributed by atoms with Crippen LogP contribution in [-0.2, 0) is 0 Å². The van der Waals surface area contributed by atoms with E-state index < -0.39 is 0 Å². The van der Waals surface area contributed by atoms with Crippen molar-refractivity contribution in [2.75, 3.05) is 51.3 Å². The number of rotatable bonds is 6. The van der Waals surface area contributed by atoms with Crippen LogP contribution in [0.1, 0.15) is 49.1 Å². The third kappa shape index (κ3) is 4.01. The standard InChI is InChI=1S/C26H36N4/c27-17-20-11-15-29(16-12-20)18-24-21-7-2-3-8-22(21)26-23(24)9-6-10-25(26)28-19-30-13-4-1-5-14-30/h2-3,6-10,20,24,28H,1,4-5,11-19,27H2. The zero-order valence-electron chi connectivity index (χ0n) is 18.2. The fourth-order valence-electron chi connectivity index (χ4n) is 5.68. The molecule has 0 radical (unpaired) electrons. The van der Waals surface area contributed by atoms with Crippen molar-refractivity contribution in [3.05, 3.63) is 53.6 Å². The first-order valence-corrected chi connectivity index (χ1v) is 11.9. The van der Waals surface area contributed by atoms with Crippen molar-refractivity contribution in [1.82, 2.24) is 9.80 Å². The molecule has 2 fully saturated rings. The Balaban J connectivity index is 1.38. The minimum Gasteiger partial charge on any atom is -0.372 e. The Labute approximate surface area is 181 Å². The Bertz CT molecular complexity index is 850. The molecule has 0 amide bonds. The van der Waals surface area contributed by atoms with E-state index in [0.717, 1.165) is 25.7 Å². The van der Waals surface area contributed by atoms with Crippen molar-refractivity contribution in [1.29, 1.82) is 0 Å². The molecule has 0 aromatic heterocycles. The highest BCUT2D eigenvalue weighted by molar-refractivity contribution is 5.88. The summed E-state index contributed by atoms with van der Waals surface area (Å²) in [6.45, 7) is 7.73. The quantitative estimate of drug-likeness (QED) is 0.752. The summed E-state index contributed by atoms with van der Waals surface area (Å²) in [4.78, 5) is 5.22. The molecular weight excluding hydrogens is 368 g/mol. The normalized spacial score (nSPS) is 22.6. The topological polar surface area (TPSA) is 44.5 Å². The summed E-state index contributed by atoms with van der Waals surface area (Å²) in [6, 6.07) is 15.9. The molecule has 1 aliphatic carbocycles. The Morgan fingerprint density at radius 2 is 1.60 bits per heavy atom. The summed E-state index contributed by atoms with van der Waals surface area (Å²) in [7, 11) is 0. The Morgan fingerprint density at radius 3 is 2.40 bits per heavy atom. The zero-order valence-corrected chi connectivity index (χ0v) is 18.2. The summed E-state index contributed by atoms with van der Waals surface area (Å²) in [5.74, 6) is 1.19. The van der Waals surface area contributed by atoms with Crippen molar-refractivity contribution in [3.8, 4) is 11.1 Å². The molecule has 30 heavy (non-hydrogen) atoms. The number of nitrogens with zero attached hydrogens (tertiary/aromatic N) is 2. The lowest BCUT2D eigenvalue weighted by molar-refractivity contribution is 0.183. The second-order valence-corrected chi connectivity index (χ2v) is 9.40. The van der Waals surface area contributed by atoms with Gasteiger partial charge in [-0.1, -0.05) is 42.8 Å². The number of piperidine rings is 2. The second-order valence-electron chi connectivity index (χ2n) is 9.40. The number of hydrogen-bond acceptors (Lipinski definition) is 4. The molecule has 2 saturated heterocycles. The number of fused-ring (bicyclic) bond motifs is 3. The van der Waals surface area contributed by atoms with E-state index in [9.17, 15) is 0 Å². The third-order valence-electron chi connectivity index (χ3n) is 7.50. The summed E-state index contributed by atoms with van der Waals surface area (Å²) >= 11 is 0. The van der Waals surface area contributed by atoms with Gasteiger partial charge >= 0.3 is 0 Å². The lowest BCUT2D eigenvalue weighted by Crippen LogP contribution is -2.38. The SMILES string of the molecule is NCC1CCN(CC2c3ccccc3-c3c(NCN4CCCCC4)cccc32)CC1. The van der Waals surface area contributed by atoms with Gasteiger partial charge in [0.15, 0.2) is 0 Å². The van der Waals surface area contributed by atoms with Crippen LogP contribution in [-0.4, -0.2) is 55.7 Å². The molecule has 0 bridgehead atoms. The number of likely N-dealkylation sites (tertiary alicyclic amines) is 2. The molecule has 4 nitrogen and oxygen atoms in total. The van der Waals surface area contributed by atoms with E-state index in [4.69, 9.17) is 5.73 Å². The van der Waals surface area contributed by atoms with Gasteiger partial charge in [0.05, 0.1) is 6.67 Å². The highest BCUT2D eigenvalue weighted by Crippen LogP contribution is 2.48. The van der Waals surface area contributed by atoms with Gasteiger partial charge in [-0.3, -0.25) is 4.90 Å². The van der Waals surface area contributed by atoms with E-state index in [1.54, 1.807) is 0 Å². The van der Waals surface area contributed by atoms with Gasteiger partial charge in [0.1, 0.15) is 0 Å². The fourth-order valence-corrected chi connectivity index (χ4v) is 5.68. The summed E-state index contributed by atoms with van der Waals surface area (Å²) < 4.78 is 0. The first-order valence-electron chi connectivity index (χ1n) is 11.9.